The number of halogens is 2. The van der Waals surface area contributed by atoms with Crippen molar-refractivity contribution in [3.05, 3.63) is 59.5 Å². The maximum absolute atomic E-state index is 13.8. The lowest BCUT2D eigenvalue weighted by Gasteiger charge is -2.14. The van der Waals surface area contributed by atoms with Gasteiger partial charge in [-0.05, 0) is 31.3 Å². The van der Waals surface area contributed by atoms with Crippen molar-refractivity contribution in [1.82, 2.24) is 15.0 Å². The fraction of sp³-hybridized carbons (Fsp3) is 0.263. The van der Waals surface area contributed by atoms with Crippen molar-refractivity contribution >= 4 is 0 Å². The Morgan fingerprint density at radius 1 is 1.00 bits per heavy atom. The highest BCUT2D eigenvalue weighted by molar-refractivity contribution is 5.60. The molecule has 3 aromatic rings. The van der Waals surface area contributed by atoms with Gasteiger partial charge in [0.05, 0.1) is 20.8 Å². The van der Waals surface area contributed by atoms with Gasteiger partial charge in [-0.15, -0.1) is 0 Å². The molecule has 0 unspecified atom stereocenters. The van der Waals surface area contributed by atoms with Crippen LogP contribution in [0.3, 0.4) is 0 Å². The Bertz CT molecular complexity index is 930. The zero-order valence-corrected chi connectivity index (χ0v) is 15.2. The molecule has 27 heavy (non-hydrogen) atoms. The number of aromatic nitrogens is 2. The quantitative estimate of drug-likeness (QED) is 0.628. The van der Waals surface area contributed by atoms with Crippen LogP contribution in [0.15, 0.2) is 40.9 Å². The highest BCUT2D eigenvalue weighted by Gasteiger charge is 2.14. The lowest BCUT2D eigenvalue weighted by atomic mass is 10.2. The SMILES string of the molecule is COc1ccc(-c2noc(CN(C)Cc3ccc(F)cc3F)n2)cc1OC. The fourth-order valence-electron chi connectivity index (χ4n) is 2.64. The Morgan fingerprint density at radius 2 is 1.78 bits per heavy atom. The van der Waals surface area contributed by atoms with Gasteiger partial charge in [-0.1, -0.05) is 11.2 Å². The monoisotopic (exact) mass is 375 g/mol. The fourth-order valence-corrected chi connectivity index (χ4v) is 2.64. The Hall–Kier alpha value is -3.00. The second-order valence-electron chi connectivity index (χ2n) is 5.99. The molecule has 6 nitrogen and oxygen atoms in total. The molecular weight excluding hydrogens is 356 g/mol. The van der Waals surface area contributed by atoms with Crippen LogP contribution in [0, 0.1) is 11.6 Å². The first-order valence-electron chi connectivity index (χ1n) is 8.17. The molecule has 8 heteroatoms. The molecule has 0 amide bonds. The summed E-state index contributed by atoms with van der Waals surface area (Å²) in [5, 5.41) is 3.97. The minimum absolute atomic E-state index is 0.278. The van der Waals surface area contributed by atoms with Crippen LogP contribution in [0.2, 0.25) is 0 Å². The zero-order chi connectivity index (χ0) is 19.4. The van der Waals surface area contributed by atoms with Crippen LogP contribution in [-0.2, 0) is 13.1 Å². The molecule has 3 rings (SSSR count). The van der Waals surface area contributed by atoms with Crippen LogP contribution in [0.5, 0.6) is 11.5 Å². The molecule has 1 aromatic heterocycles. The van der Waals surface area contributed by atoms with Crippen LogP contribution in [-0.4, -0.2) is 36.3 Å². The summed E-state index contributed by atoms with van der Waals surface area (Å²) in [4.78, 5) is 6.15. The minimum Gasteiger partial charge on any atom is -0.493 e. The smallest absolute Gasteiger partial charge is 0.241 e. The van der Waals surface area contributed by atoms with Crippen LogP contribution in [0.4, 0.5) is 8.78 Å². The van der Waals surface area contributed by atoms with Gasteiger partial charge in [-0.25, -0.2) is 8.78 Å². The predicted octanol–water partition coefficient (Wildman–Crippen LogP) is 3.66. The summed E-state index contributed by atoms with van der Waals surface area (Å²) in [6, 6.07) is 8.83. The highest BCUT2D eigenvalue weighted by atomic mass is 19.1. The van der Waals surface area contributed by atoms with Crippen LogP contribution < -0.4 is 9.47 Å². The third-order valence-electron chi connectivity index (χ3n) is 3.97. The van der Waals surface area contributed by atoms with E-state index in [-0.39, 0.29) is 6.54 Å². The molecule has 0 aliphatic carbocycles. The molecule has 0 N–H and O–H groups in total. The van der Waals surface area contributed by atoms with Gasteiger partial charge in [0.2, 0.25) is 11.7 Å². The minimum atomic E-state index is -0.602. The predicted molar refractivity (Wildman–Crippen MR) is 94.4 cm³/mol. The number of methoxy groups -OCH3 is 2. The van der Waals surface area contributed by atoms with Gasteiger partial charge in [-0.2, -0.15) is 4.98 Å². The molecule has 0 fully saturated rings. The third-order valence-corrected chi connectivity index (χ3v) is 3.97. The van der Waals surface area contributed by atoms with Crippen molar-refractivity contribution in [2.45, 2.75) is 13.1 Å². The molecule has 0 saturated carbocycles. The number of benzene rings is 2. The van der Waals surface area contributed by atoms with Crippen LogP contribution >= 0.6 is 0 Å². The van der Waals surface area contributed by atoms with Crippen LogP contribution in [0.1, 0.15) is 11.5 Å². The van der Waals surface area contributed by atoms with E-state index in [2.05, 4.69) is 10.1 Å². The summed E-state index contributed by atoms with van der Waals surface area (Å²) in [5.41, 5.74) is 1.11. The van der Waals surface area contributed by atoms with Gasteiger partial charge >= 0.3 is 0 Å². The number of hydrogen-bond acceptors (Lipinski definition) is 6. The largest absolute Gasteiger partial charge is 0.493 e. The van der Waals surface area contributed by atoms with Crippen molar-refractivity contribution in [2.75, 3.05) is 21.3 Å². The first kappa shape index (κ1) is 18.8. The van der Waals surface area contributed by atoms with Crippen molar-refractivity contribution < 1.29 is 22.8 Å². The van der Waals surface area contributed by atoms with Gasteiger partial charge in [0.25, 0.3) is 0 Å². The maximum atomic E-state index is 13.8. The molecule has 142 valence electrons. The second-order valence-corrected chi connectivity index (χ2v) is 5.99. The van der Waals surface area contributed by atoms with Crippen molar-refractivity contribution in [1.29, 1.82) is 0 Å². The Labute approximate surface area is 155 Å². The molecule has 0 saturated heterocycles. The maximum Gasteiger partial charge on any atom is 0.241 e. The van der Waals surface area contributed by atoms with E-state index in [0.29, 0.717) is 35.3 Å². The topological polar surface area (TPSA) is 60.6 Å². The molecule has 0 spiro atoms. The molecule has 0 atom stereocenters. The van der Waals surface area contributed by atoms with E-state index in [0.717, 1.165) is 11.6 Å². The van der Waals surface area contributed by atoms with E-state index >= 15 is 0 Å². The first-order valence-corrected chi connectivity index (χ1v) is 8.17. The number of ether oxygens (including phenoxy) is 2. The summed E-state index contributed by atoms with van der Waals surface area (Å²) in [7, 11) is 4.89. The van der Waals surface area contributed by atoms with E-state index in [1.165, 1.54) is 12.1 Å². The Kier molecular flexibility index (Phi) is 5.66. The van der Waals surface area contributed by atoms with Crippen molar-refractivity contribution in [3.8, 4) is 22.9 Å². The molecule has 0 aliphatic rings. The summed E-state index contributed by atoms with van der Waals surface area (Å²) in [5.74, 6) is 0.766. The van der Waals surface area contributed by atoms with Crippen molar-refractivity contribution in [3.63, 3.8) is 0 Å². The van der Waals surface area contributed by atoms with Crippen LogP contribution in [0.25, 0.3) is 11.4 Å². The average Bonchev–Trinajstić information content (AvgIpc) is 3.11. The van der Waals surface area contributed by atoms with E-state index in [1.54, 1.807) is 44.4 Å². The van der Waals surface area contributed by atoms with Gasteiger partial charge in [0.1, 0.15) is 11.6 Å². The van der Waals surface area contributed by atoms with Gasteiger partial charge in [0, 0.05) is 23.7 Å². The molecule has 0 bridgehead atoms. The number of nitrogens with zero attached hydrogens (tertiary/aromatic N) is 3. The Morgan fingerprint density at radius 3 is 2.48 bits per heavy atom. The van der Waals surface area contributed by atoms with E-state index in [9.17, 15) is 8.78 Å². The Balaban J connectivity index is 1.70. The van der Waals surface area contributed by atoms with Gasteiger partial charge < -0.3 is 14.0 Å². The molecule has 1 heterocycles. The second kappa shape index (κ2) is 8.13. The lowest BCUT2D eigenvalue weighted by Crippen LogP contribution is -2.18. The molecule has 0 aliphatic heterocycles. The number of rotatable bonds is 7. The average molecular weight is 375 g/mol. The van der Waals surface area contributed by atoms with E-state index in [1.807, 2.05) is 0 Å². The first-order chi connectivity index (χ1) is 13.0. The lowest BCUT2D eigenvalue weighted by molar-refractivity contribution is 0.258. The van der Waals surface area contributed by atoms with E-state index in [4.69, 9.17) is 14.0 Å². The van der Waals surface area contributed by atoms with Crippen molar-refractivity contribution in [2.24, 2.45) is 0 Å². The normalized spacial score (nSPS) is 11.0. The summed E-state index contributed by atoms with van der Waals surface area (Å²) >= 11 is 0. The highest BCUT2D eigenvalue weighted by Crippen LogP contribution is 2.31. The summed E-state index contributed by atoms with van der Waals surface area (Å²) < 4.78 is 42.5. The third kappa shape index (κ3) is 4.40. The molecule has 0 radical (unpaired) electrons. The molecule has 2 aromatic carbocycles. The number of hydrogen-bond donors (Lipinski definition) is 0. The van der Waals surface area contributed by atoms with E-state index < -0.39 is 11.6 Å². The zero-order valence-electron chi connectivity index (χ0n) is 15.2. The molecular formula is C19H19F2N3O3. The standard InChI is InChI=1S/C19H19F2N3O3/c1-24(10-13-4-6-14(20)9-15(13)21)11-18-22-19(23-27-18)12-5-7-16(25-2)17(8-12)26-3/h4-9H,10-11H2,1-3H3. The summed E-state index contributed by atoms with van der Waals surface area (Å²) in [6.45, 7) is 0.595. The van der Waals surface area contributed by atoms with Gasteiger partial charge in [0.15, 0.2) is 11.5 Å². The summed E-state index contributed by atoms with van der Waals surface area (Å²) in [6.07, 6.45) is 0. The van der Waals surface area contributed by atoms with Gasteiger partial charge in [-0.3, -0.25) is 4.90 Å².